The van der Waals surface area contributed by atoms with E-state index in [0.717, 1.165) is 38.8 Å². The molecule has 2 nitrogen and oxygen atoms in total. The summed E-state index contributed by atoms with van der Waals surface area (Å²) in [6.07, 6.45) is 15.7. The highest BCUT2D eigenvalue weighted by Crippen LogP contribution is 2.11. The summed E-state index contributed by atoms with van der Waals surface area (Å²) in [5.41, 5.74) is 0. The van der Waals surface area contributed by atoms with Crippen molar-refractivity contribution < 1.29 is 4.79 Å². The van der Waals surface area contributed by atoms with Crippen LogP contribution in [0.2, 0.25) is 0 Å². The number of nitrogens with one attached hydrogen (secondary N) is 1. The largest absolute Gasteiger partial charge is 0.317 e. The molecule has 0 atom stereocenters. The standard InChI is InChI=1S/C18H37NO/c1-3-5-6-7-8-9-10-11-12-14-18(20)15-13-17-19-16-4-2/h19H,3-17H2,1-2H3. The van der Waals surface area contributed by atoms with Crippen molar-refractivity contribution in [2.45, 2.75) is 97.3 Å². The lowest BCUT2D eigenvalue weighted by molar-refractivity contribution is -0.119. The number of unbranched alkanes of at least 4 members (excludes halogenated alkanes) is 8. The van der Waals surface area contributed by atoms with Gasteiger partial charge in [-0.3, -0.25) is 4.79 Å². The Morgan fingerprint density at radius 1 is 0.650 bits per heavy atom. The van der Waals surface area contributed by atoms with Crippen LogP contribution in [-0.2, 0) is 4.79 Å². The van der Waals surface area contributed by atoms with Gasteiger partial charge < -0.3 is 5.32 Å². The molecule has 0 spiro atoms. The Kier molecular flexibility index (Phi) is 16.4. The van der Waals surface area contributed by atoms with Gasteiger partial charge >= 0.3 is 0 Å². The lowest BCUT2D eigenvalue weighted by atomic mass is 10.0. The molecule has 20 heavy (non-hydrogen) atoms. The number of rotatable bonds is 16. The molecule has 0 aromatic carbocycles. The van der Waals surface area contributed by atoms with E-state index < -0.39 is 0 Å². The third-order valence-corrected chi connectivity index (χ3v) is 3.80. The van der Waals surface area contributed by atoms with Gasteiger partial charge in [0, 0.05) is 12.8 Å². The van der Waals surface area contributed by atoms with Gasteiger partial charge in [0.15, 0.2) is 0 Å². The van der Waals surface area contributed by atoms with Crippen molar-refractivity contribution in [3.05, 3.63) is 0 Å². The molecular formula is C18H37NO. The zero-order valence-electron chi connectivity index (χ0n) is 14.0. The molecule has 0 amide bonds. The first-order valence-corrected chi connectivity index (χ1v) is 9.03. The van der Waals surface area contributed by atoms with Crippen LogP contribution in [0.5, 0.6) is 0 Å². The van der Waals surface area contributed by atoms with E-state index in [0.29, 0.717) is 5.78 Å². The summed E-state index contributed by atoms with van der Waals surface area (Å²) < 4.78 is 0. The molecule has 0 saturated carbocycles. The fourth-order valence-electron chi connectivity index (χ4n) is 2.47. The lowest BCUT2D eigenvalue weighted by Crippen LogP contribution is -2.16. The fraction of sp³-hybridized carbons (Fsp3) is 0.944. The highest BCUT2D eigenvalue weighted by molar-refractivity contribution is 5.78. The molecule has 0 fully saturated rings. The van der Waals surface area contributed by atoms with Crippen LogP contribution in [0.25, 0.3) is 0 Å². The van der Waals surface area contributed by atoms with Crippen molar-refractivity contribution >= 4 is 5.78 Å². The van der Waals surface area contributed by atoms with E-state index in [1.54, 1.807) is 0 Å². The van der Waals surface area contributed by atoms with E-state index in [2.05, 4.69) is 19.2 Å². The van der Waals surface area contributed by atoms with Gasteiger partial charge in [0.05, 0.1) is 0 Å². The summed E-state index contributed by atoms with van der Waals surface area (Å²) in [7, 11) is 0. The van der Waals surface area contributed by atoms with Crippen molar-refractivity contribution in [1.29, 1.82) is 0 Å². The van der Waals surface area contributed by atoms with E-state index in [-0.39, 0.29) is 0 Å². The normalized spacial score (nSPS) is 10.9. The van der Waals surface area contributed by atoms with E-state index >= 15 is 0 Å². The minimum absolute atomic E-state index is 0.464. The SMILES string of the molecule is CCCCCCCCCCCC(=O)CCCNCCC. The first-order chi connectivity index (χ1) is 9.81. The van der Waals surface area contributed by atoms with E-state index in [9.17, 15) is 4.79 Å². The third kappa shape index (κ3) is 15.7. The molecule has 1 N–H and O–H groups in total. The molecule has 0 aromatic rings. The summed E-state index contributed by atoms with van der Waals surface area (Å²) in [5, 5.41) is 3.34. The lowest BCUT2D eigenvalue weighted by Gasteiger charge is -2.03. The number of hydrogen-bond acceptors (Lipinski definition) is 2. The topological polar surface area (TPSA) is 29.1 Å². The fourth-order valence-corrected chi connectivity index (χ4v) is 2.47. The van der Waals surface area contributed by atoms with Gasteiger partial charge in [0.2, 0.25) is 0 Å². The van der Waals surface area contributed by atoms with Crippen LogP contribution < -0.4 is 5.32 Å². The van der Waals surface area contributed by atoms with Crippen molar-refractivity contribution in [2.75, 3.05) is 13.1 Å². The van der Waals surface area contributed by atoms with Crippen molar-refractivity contribution in [1.82, 2.24) is 5.32 Å². The van der Waals surface area contributed by atoms with Gasteiger partial charge in [0.1, 0.15) is 5.78 Å². The maximum absolute atomic E-state index is 11.7. The van der Waals surface area contributed by atoms with Crippen LogP contribution >= 0.6 is 0 Å². The van der Waals surface area contributed by atoms with Crippen LogP contribution in [0.15, 0.2) is 0 Å². The van der Waals surface area contributed by atoms with Gasteiger partial charge in [-0.25, -0.2) is 0 Å². The Labute approximate surface area is 127 Å². The second kappa shape index (κ2) is 16.7. The molecule has 0 aliphatic carbocycles. The minimum Gasteiger partial charge on any atom is -0.317 e. The first-order valence-electron chi connectivity index (χ1n) is 9.03. The van der Waals surface area contributed by atoms with Crippen molar-refractivity contribution in [2.24, 2.45) is 0 Å². The van der Waals surface area contributed by atoms with Crippen molar-refractivity contribution in [3.63, 3.8) is 0 Å². The first kappa shape index (κ1) is 19.6. The predicted molar refractivity (Wildman–Crippen MR) is 89.2 cm³/mol. The molecule has 0 aliphatic rings. The average molecular weight is 284 g/mol. The van der Waals surface area contributed by atoms with Gasteiger partial charge in [-0.2, -0.15) is 0 Å². The van der Waals surface area contributed by atoms with E-state index in [4.69, 9.17) is 0 Å². The summed E-state index contributed by atoms with van der Waals surface area (Å²) >= 11 is 0. The zero-order chi connectivity index (χ0) is 14.9. The van der Waals surface area contributed by atoms with Gasteiger partial charge in [-0.05, 0) is 32.4 Å². The molecule has 0 heterocycles. The average Bonchev–Trinajstić information content (AvgIpc) is 2.45. The van der Waals surface area contributed by atoms with Gasteiger partial charge in [0.25, 0.3) is 0 Å². The second-order valence-corrected chi connectivity index (χ2v) is 5.97. The Bertz CT molecular complexity index is 204. The molecule has 0 bridgehead atoms. The van der Waals surface area contributed by atoms with Crippen LogP contribution in [0.4, 0.5) is 0 Å². The van der Waals surface area contributed by atoms with Crippen LogP contribution in [0.3, 0.4) is 0 Å². The summed E-state index contributed by atoms with van der Waals surface area (Å²) in [6.45, 7) is 6.50. The Balaban J connectivity index is 3.11. The monoisotopic (exact) mass is 283 g/mol. The highest BCUT2D eigenvalue weighted by atomic mass is 16.1. The summed E-state index contributed by atoms with van der Waals surface area (Å²) in [6, 6.07) is 0. The molecule has 0 unspecified atom stereocenters. The van der Waals surface area contributed by atoms with Crippen LogP contribution in [-0.4, -0.2) is 18.9 Å². The van der Waals surface area contributed by atoms with Crippen LogP contribution in [0, 0.1) is 0 Å². The third-order valence-electron chi connectivity index (χ3n) is 3.80. The second-order valence-electron chi connectivity index (χ2n) is 5.97. The molecule has 0 aliphatic heterocycles. The molecule has 0 radical (unpaired) electrons. The molecule has 120 valence electrons. The smallest absolute Gasteiger partial charge is 0.132 e. The number of carbonyl (C=O) groups excluding carboxylic acids is 1. The quantitative estimate of drug-likeness (QED) is 0.392. The Morgan fingerprint density at radius 3 is 1.80 bits per heavy atom. The highest BCUT2D eigenvalue weighted by Gasteiger charge is 2.01. The minimum atomic E-state index is 0.464. The Morgan fingerprint density at radius 2 is 1.20 bits per heavy atom. The molecule has 2 heteroatoms. The number of hydrogen-bond donors (Lipinski definition) is 1. The van der Waals surface area contributed by atoms with Gasteiger partial charge in [-0.1, -0.05) is 65.2 Å². The number of carbonyl (C=O) groups is 1. The Hall–Kier alpha value is -0.370. The molecule has 0 rings (SSSR count). The predicted octanol–water partition coefficient (Wildman–Crippen LogP) is 5.26. The molecular weight excluding hydrogens is 246 g/mol. The summed E-state index contributed by atoms with van der Waals surface area (Å²) in [4.78, 5) is 11.7. The molecule has 0 saturated heterocycles. The molecule has 0 aromatic heterocycles. The number of ketones is 1. The zero-order valence-corrected chi connectivity index (χ0v) is 14.0. The maximum Gasteiger partial charge on any atom is 0.132 e. The summed E-state index contributed by atoms with van der Waals surface area (Å²) in [5.74, 6) is 0.464. The number of Topliss-reactive ketones (excluding diaryl/α,β-unsaturated/α-hetero) is 1. The van der Waals surface area contributed by atoms with Crippen molar-refractivity contribution in [3.8, 4) is 0 Å². The maximum atomic E-state index is 11.7. The van der Waals surface area contributed by atoms with Crippen LogP contribution in [0.1, 0.15) is 97.3 Å². The van der Waals surface area contributed by atoms with Gasteiger partial charge in [-0.15, -0.1) is 0 Å². The van der Waals surface area contributed by atoms with E-state index in [1.807, 2.05) is 0 Å². The van der Waals surface area contributed by atoms with E-state index in [1.165, 1.54) is 57.8 Å².